The lowest BCUT2D eigenvalue weighted by atomic mass is 10.0. The van der Waals surface area contributed by atoms with Crippen molar-refractivity contribution in [2.45, 2.75) is 13.5 Å². The van der Waals surface area contributed by atoms with Crippen LogP contribution in [0.5, 0.6) is 11.5 Å². The molecule has 0 aliphatic carbocycles. The van der Waals surface area contributed by atoms with E-state index in [1.807, 2.05) is 0 Å². The fourth-order valence-corrected chi connectivity index (χ4v) is 1.28. The molecule has 1 aromatic carbocycles. The molecule has 4 heteroatoms. The molecule has 0 spiro atoms. The molecule has 0 aliphatic heterocycles. The average Bonchev–Trinajstić information content (AvgIpc) is 2.12. The molecule has 1 rings (SSSR count). The molecule has 0 radical (unpaired) electrons. The number of rotatable bonds is 3. The quantitative estimate of drug-likeness (QED) is 0.716. The monoisotopic (exact) mass is 196 g/mol. The third-order valence-electron chi connectivity index (χ3n) is 2.03. The third-order valence-corrected chi connectivity index (χ3v) is 2.03. The fourth-order valence-electron chi connectivity index (χ4n) is 1.28. The Balaban J connectivity index is 3.35. The summed E-state index contributed by atoms with van der Waals surface area (Å²) in [5.41, 5.74) is 0.963. The summed E-state index contributed by atoms with van der Waals surface area (Å²) in [7, 11) is 1.44. The molecule has 0 aliphatic rings. The summed E-state index contributed by atoms with van der Waals surface area (Å²) in [6, 6.07) is 1.43. The van der Waals surface area contributed by atoms with Crippen LogP contribution in [-0.2, 0) is 11.3 Å². The van der Waals surface area contributed by atoms with Crippen molar-refractivity contribution in [3.8, 4) is 11.5 Å². The minimum atomic E-state index is -0.209. The van der Waals surface area contributed by atoms with Crippen molar-refractivity contribution < 1.29 is 19.7 Å². The van der Waals surface area contributed by atoms with Gasteiger partial charge in [-0.3, -0.25) is 4.79 Å². The van der Waals surface area contributed by atoms with E-state index >= 15 is 0 Å². The molecule has 0 unspecified atom stereocenters. The first-order chi connectivity index (χ1) is 6.61. The maximum absolute atomic E-state index is 10.6. The predicted octanol–water partition coefficient (Wildman–Crippen LogP) is 1.37. The zero-order valence-corrected chi connectivity index (χ0v) is 8.07. The van der Waals surface area contributed by atoms with Crippen LogP contribution in [0.25, 0.3) is 0 Å². The molecule has 0 aromatic heterocycles. The molecule has 4 nitrogen and oxygen atoms in total. The smallest absolute Gasteiger partial charge is 0.154 e. The van der Waals surface area contributed by atoms with Gasteiger partial charge in [-0.05, 0) is 18.6 Å². The maximum atomic E-state index is 10.6. The van der Waals surface area contributed by atoms with E-state index in [0.717, 1.165) is 0 Å². The molecular formula is C10H12O4. The van der Waals surface area contributed by atoms with Crippen molar-refractivity contribution in [3.05, 3.63) is 22.8 Å². The van der Waals surface area contributed by atoms with E-state index in [2.05, 4.69) is 0 Å². The normalized spacial score (nSPS) is 10.1. The molecule has 0 amide bonds. The van der Waals surface area contributed by atoms with Crippen LogP contribution >= 0.6 is 0 Å². The van der Waals surface area contributed by atoms with Gasteiger partial charge < -0.3 is 14.9 Å². The first kappa shape index (κ1) is 10.5. The highest BCUT2D eigenvalue weighted by Crippen LogP contribution is 2.32. The van der Waals surface area contributed by atoms with E-state index in [9.17, 15) is 15.0 Å². The van der Waals surface area contributed by atoms with Gasteiger partial charge >= 0.3 is 0 Å². The summed E-state index contributed by atoms with van der Waals surface area (Å²) in [5.74, 6) is -0.271. The second-order valence-electron chi connectivity index (χ2n) is 3.00. The molecule has 0 fully saturated rings. The Hall–Kier alpha value is -1.55. The van der Waals surface area contributed by atoms with Crippen LogP contribution in [0, 0.1) is 6.92 Å². The van der Waals surface area contributed by atoms with Crippen LogP contribution in [0.15, 0.2) is 6.07 Å². The predicted molar refractivity (Wildman–Crippen MR) is 50.6 cm³/mol. The Kier molecular flexibility index (Phi) is 3.09. The summed E-state index contributed by atoms with van der Waals surface area (Å²) in [4.78, 5) is 10.6. The van der Waals surface area contributed by atoms with Crippen LogP contribution in [-0.4, -0.2) is 23.6 Å². The van der Waals surface area contributed by atoms with Gasteiger partial charge in [0.1, 0.15) is 11.5 Å². The third kappa shape index (κ3) is 1.70. The molecule has 76 valence electrons. The molecular weight excluding hydrogens is 184 g/mol. The van der Waals surface area contributed by atoms with Crippen LogP contribution in [0.3, 0.4) is 0 Å². The van der Waals surface area contributed by atoms with Gasteiger partial charge in [-0.15, -0.1) is 0 Å². The van der Waals surface area contributed by atoms with E-state index in [-0.39, 0.29) is 29.2 Å². The Morgan fingerprint density at radius 2 is 2.14 bits per heavy atom. The summed E-state index contributed by atoms with van der Waals surface area (Å²) < 4.78 is 4.79. The van der Waals surface area contributed by atoms with E-state index in [4.69, 9.17) is 4.74 Å². The molecule has 1 aromatic rings. The number of carbonyl (C=O) groups excluding carboxylic acids is 1. The SMILES string of the molecule is COCc1c(O)cc(C)c(C=O)c1O. The number of ether oxygens (including phenoxy) is 1. The maximum Gasteiger partial charge on any atom is 0.154 e. The Morgan fingerprint density at radius 1 is 1.50 bits per heavy atom. The van der Waals surface area contributed by atoms with Gasteiger partial charge in [0.25, 0.3) is 0 Å². The van der Waals surface area contributed by atoms with Crippen LogP contribution in [0.2, 0.25) is 0 Å². The van der Waals surface area contributed by atoms with Gasteiger partial charge in [-0.1, -0.05) is 0 Å². The van der Waals surface area contributed by atoms with E-state index in [1.54, 1.807) is 6.92 Å². The number of aryl methyl sites for hydroxylation is 1. The Morgan fingerprint density at radius 3 is 2.64 bits per heavy atom. The highest BCUT2D eigenvalue weighted by atomic mass is 16.5. The zero-order valence-electron chi connectivity index (χ0n) is 8.07. The van der Waals surface area contributed by atoms with E-state index in [1.165, 1.54) is 13.2 Å². The first-order valence-corrected chi connectivity index (χ1v) is 4.10. The molecule has 0 saturated heterocycles. The van der Waals surface area contributed by atoms with E-state index < -0.39 is 0 Å². The van der Waals surface area contributed by atoms with Crippen molar-refractivity contribution in [2.75, 3.05) is 7.11 Å². The summed E-state index contributed by atoms with van der Waals surface area (Å²) in [6.07, 6.45) is 0.559. The van der Waals surface area contributed by atoms with Crippen LogP contribution in [0.4, 0.5) is 0 Å². The van der Waals surface area contributed by atoms with Gasteiger partial charge in [0, 0.05) is 7.11 Å². The van der Waals surface area contributed by atoms with Crippen molar-refractivity contribution >= 4 is 6.29 Å². The van der Waals surface area contributed by atoms with Gasteiger partial charge in [0.2, 0.25) is 0 Å². The lowest BCUT2D eigenvalue weighted by molar-refractivity contribution is 0.111. The van der Waals surface area contributed by atoms with Crippen molar-refractivity contribution in [1.82, 2.24) is 0 Å². The lowest BCUT2D eigenvalue weighted by Crippen LogP contribution is -1.95. The molecule has 0 bridgehead atoms. The zero-order chi connectivity index (χ0) is 10.7. The number of phenols is 2. The minimum absolute atomic E-state index is 0.0625. The Labute approximate surface area is 81.8 Å². The number of hydrogen-bond donors (Lipinski definition) is 2. The first-order valence-electron chi connectivity index (χ1n) is 4.10. The molecule has 0 saturated carbocycles. The number of carbonyl (C=O) groups is 1. The van der Waals surface area contributed by atoms with Gasteiger partial charge in [0.05, 0.1) is 17.7 Å². The summed E-state index contributed by atoms with van der Waals surface area (Å²) in [6.45, 7) is 1.71. The number of methoxy groups -OCH3 is 1. The minimum Gasteiger partial charge on any atom is -0.507 e. The van der Waals surface area contributed by atoms with Crippen molar-refractivity contribution in [1.29, 1.82) is 0 Å². The largest absolute Gasteiger partial charge is 0.507 e. The molecule has 14 heavy (non-hydrogen) atoms. The van der Waals surface area contributed by atoms with Gasteiger partial charge in [0.15, 0.2) is 6.29 Å². The number of benzene rings is 1. The fraction of sp³-hybridized carbons (Fsp3) is 0.300. The lowest BCUT2D eigenvalue weighted by Gasteiger charge is -2.10. The highest BCUT2D eigenvalue weighted by Gasteiger charge is 2.14. The second-order valence-corrected chi connectivity index (χ2v) is 3.00. The van der Waals surface area contributed by atoms with Crippen molar-refractivity contribution in [3.63, 3.8) is 0 Å². The van der Waals surface area contributed by atoms with Gasteiger partial charge in [-0.2, -0.15) is 0 Å². The number of phenolic OH excluding ortho intramolecular Hbond substituents is 2. The highest BCUT2D eigenvalue weighted by molar-refractivity contribution is 5.83. The van der Waals surface area contributed by atoms with Crippen LogP contribution in [0.1, 0.15) is 21.5 Å². The van der Waals surface area contributed by atoms with Crippen LogP contribution < -0.4 is 0 Å². The number of aldehydes is 1. The van der Waals surface area contributed by atoms with Gasteiger partial charge in [-0.25, -0.2) is 0 Å². The standard InChI is InChI=1S/C10H12O4/c1-6-3-9(12)8(5-14-2)10(13)7(6)4-11/h3-4,12-13H,5H2,1-2H3. The van der Waals surface area contributed by atoms with Crippen molar-refractivity contribution in [2.24, 2.45) is 0 Å². The molecule has 2 N–H and O–H groups in total. The topological polar surface area (TPSA) is 66.8 Å². The number of hydrogen-bond acceptors (Lipinski definition) is 4. The summed E-state index contributed by atoms with van der Waals surface area (Å²) in [5, 5.41) is 19.1. The van der Waals surface area contributed by atoms with E-state index in [0.29, 0.717) is 11.8 Å². The number of aromatic hydroxyl groups is 2. The second kappa shape index (κ2) is 4.11. The molecule has 0 heterocycles. The summed E-state index contributed by atoms with van der Waals surface area (Å²) >= 11 is 0. The molecule has 0 atom stereocenters. The Bertz CT molecular complexity index is 358. The average molecular weight is 196 g/mol.